The van der Waals surface area contributed by atoms with Crippen molar-refractivity contribution in [2.24, 2.45) is 0 Å². The molecule has 0 fully saturated rings. The minimum absolute atomic E-state index is 0.130. The number of allylic oxidation sites excluding steroid dienone is 1. The summed E-state index contributed by atoms with van der Waals surface area (Å²) in [6.45, 7) is 6.12. The number of para-hydroxylation sites is 1. The number of carbonyl (C=O) groups excluding carboxylic acids is 1. The number of nitrogens with zero attached hydrogens (tertiary/aromatic N) is 2. The number of aryl methyl sites for hydroxylation is 2. The summed E-state index contributed by atoms with van der Waals surface area (Å²) in [6, 6.07) is 15.8. The molecule has 0 saturated carbocycles. The number of carbonyl (C=O) groups is 1. The fourth-order valence-electron chi connectivity index (χ4n) is 3.75. The molecule has 0 radical (unpaired) electrons. The van der Waals surface area contributed by atoms with E-state index in [9.17, 15) is 4.79 Å². The van der Waals surface area contributed by atoms with Crippen molar-refractivity contribution >= 4 is 34.5 Å². The van der Waals surface area contributed by atoms with Gasteiger partial charge in [0.25, 0.3) is 5.91 Å². The summed E-state index contributed by atoms with van der Waals surface area (Å²) < 4.78 is 0. The van der Waals surface area contributed by atoms with E-state index < -0.39 is 0 Å². The summed E-state index contributed by atoms with van der Waals surface area (Å²) in [5.74, 6) is 0.605. The maximum Gasteiger partial charge on any atom is 0.253 e. The largest absolute Gasteiger partial charge is 0.355 e. The highest BCUT2D eigenvalue weighted by Crippen LogP contribution is 2.34. The lowest BCUT2D eigenvalue weighted by atomic mass is 9.99. The maximum atomic E-state index is 12.2. The van der Waals surface area contributed by atoms with Crippen LogP contribution in [0, 0.1) is 6.92 Å². The van der Waals surface area contributed by atoms with E-state index in [4.69, 9.17) is 0 Å². The Bertz CT molecular complexity index is 1150. The van der Waals surface area contributed by atoms with Gasteiger partial charge in [-0.15, -0.1) is 0 Å². The van der Waals surface area contributed by atoms with Gasteiger partial charge in [0.05, 0.1) is 11.3 Å². The first kappa shape index (κ1) is 20.5. The molecule has 2 heterocycles. The van der Waals surface area contributed by atoms with Crippen LogP contribution in [-0.4, -0.2) is 25.0 Å². The highest BCUT2D eigenvalue weighted by atomic mass is 16.1. The van der Waals surface area contributed by atoms with Crippen molar-refractivity contribution in [2.45, 2.75) is 19.8 Å². The lowest BCUT2D eigenvalue weighted by Crippen LogP contribution is -2.21. The molecule has 0 spiro atoms. The van der Waals surface area contributed by atoms with Crippen molar-refractivity contribution in [3.63, 3.8) is 0 Å². The maximum absolute atomic E-state index is 12.2. The zero-order valence-corrected chi connectivity index (χ0v) is 18.1. The van der Waals surface area contributed by atoms with Crippen molar-refractivity contribution in [1.82, 2.24) is 10.3 Å². The minimum Gasteiger partial charge on any atom is -0.355 e. The van der Waals surface area contributed by atoms with Crippen molar-refractivity contribution in [1.29, 1.82) is 0 Å². The van der Waals surface area contributed by atoms with Gasteiger partial charge in [0.15, 0.2) is 0 Å². The van der Waals surface area contributed by atoms with Crippen molar-refractivity contribution in [3.8, 4) is 0 Å². The molecule has 0 aliphatic carbocycles. The molecule has 1 aliphatic rings. The SMILES string of the molecule is C=C1CCc2cc(Nc3cc(Nc4ccccc4C(=O)NC)c(C)cn3)ccc2N1C. The molecule has 2 aromatic carbocycles. The quantitative estimate of drug-likeness (QED) is 0.541. The average molecular weight is 414 g/mol. The predicted molar refractivity (Wildman–Crippen MR) is 128 cm³/mol. The van der Waals surface area contributed by atoms with Crippen LogP contribution >= 0.6 is 0 Å². The Labute approximate surface area is 183 Å². The molecule has 0 saturated heterocycles. The number of pyridine rings is 1. The predicted octanol–water partition coefficient (Wildman–Crippen LogP) is 5.13. The van der Waals surface area contributed by atoms with Crippen LogP contribution in [0.3, 0.4) is 0 Å². The monoisotopic (exact) mass is 413 g/mol. The third kappa shape index (κ3) is 4.23. The molecule has 158 valence electrons. The molecule has 6 nitrogen and oxygen atoms in total. The summed E-state index contributed by atoms with van der Waals surface area (Å²) in [5, 5.41) is 9.48. The standard InChI is InChI=1S/C25H27N5O/c1-16-15-27-24(14-22(16)29-21-8-6-5-7-20(21)25(31)26-3)28-19-11-12-23-18(13-19)10-9-17(2)30(23)4/h5-8,11-15H,2,9-10H2,1,3-4H3,(H,26,31)(H2,27,28,29). The second-order valence-electron chi connectivity index (χ2n) is 7.73. The normalized spacial score (nSPS) is 12.9. The number of amides is 1. The van der Waals surface area contributed by atoms with Gasteiger partial charge in [-0.2, -0.15) is 0 Å². The fraction of sp³-hybridized carbons (Fsp3) is 0.200. The number of aromatic nitrogens is 1. The van der Waals surface area contributed by atoms with Crippen molar-refractivity contribution in [3.05, 3.63) is 83.7 Å². The van der Waals surface area contributed by atoms with Gasteiger partial charge >= 0.3 is 0 Å². The van der Waals surface area contributed by atoms with Crippen LogP contribution in [-0.2, 0) is 6.42 Å². The van der Waals surface area contributed by atoms with E-state index in [1.165, 1.54) is 11.3 Å². The van der Waals surface area contributed by atoms with Gasteiger partial charge in [0.1, 0.15) is 5.82 Å². The van der Waals surface area contributed by atoms with Gasteiger partial charge in [0, 0.05) is 49.1 Å². The summed E-state index contributed by atoms with van der Waals surface area (Å²) in [7, 11) is 3.69. The van der Waals surface area contributed by atoms with E-state index in [1.807, 2.05) is 37.4 Å². The lowest BCUT2D eigenvalue weighted by molar-refractivity contribution is 0.0964. The van der Waals surface area contributed by atoms with E-state index >= 15 is 0 Å². The Balaban J connectivity index is 1.58. The lowest BCUT2D eigenvalue weighted by Gasteiger charge is -2.30. The summed E-state index contributed by atoms with van der Waals surface area (Å²) in [5.41, 5.74) is 7.85. The second-order valence-corrected chi connectivity index (χ2v) is 7.73. The number of fused-ring (bicyclic) bond motifs is 1. The highest BCUT2D eigenvalue weighted by molar-refractivity contribution is 6.00. The number of rotatable bonds is 5. The Hall–Kier alpha value is -3.80. The number of benzene rings is 2. The topological polar surface area (TPSA) is 69.3 Å². The van der Waals surface area contributed by atoms with Crippen molar-refractivity contribution < 1.29 is 4.79 Å². The van der Waals surface area contributed by atoms with Crippen LogP contribution in [0.4, 0.5) is 28.6 Å². The number of hydrogen-bond donors (Lipinski definition) is 3. The van der Waals surface area contributed by atoms with Crippen molar-refractivity contribution in [2.75, 3.05) is 29.6 Å². The molecule has 0 atom stereocenters. The molecule has 0 bridgehead atoms. The molecule has 31 heavy (non-hydrogen) atoms. The van der Waals surface area contributed by atoms with E-state index in [0.29, 0.717) is 5.56 Å². The minimum atomic E-state index is -0.130. The molecular formula is C25H27N5O. The molecule has 1 aromatic heterocycles. The molecule has 4 rings (SSSR count). The van der Waals surface area contributed by atoms with Crippen LogP contribution in [0.2, 0.25) is 0 Å². The highest BCUT2D eigenvalue weighted by Gasteiger charge is 2.17. The van der Waals surface area contributed by atoms with Gasteiger partial charge in [-0.3, -0.25) is 4.79 Å². The van der Waals surface area contributed by atoms with Crippen LogP contribution in [0.5, 0.6) is 0 Å². The van der Waals surface area contributed by atoms with E-state index in [-0.39, 0.29) is 5.91 Å². The molecule has 3 N–H and O–H groups in total. The number of hydrogen-bond acceptors (Lipinski definition) is 5. The molecule has 1 aliphatic heterocycles. The number of nitrogens with one attached hydrogen (secondary N) is 3. The molecular weight excluding hydrogens is 386 g/mol. The van der Waals surface area contributed by atoms with E-state index in [2.05, 4.69) is 57.7 Å². The van der Waals surface area contributed by atoms with E-state index in [0.717, 1.165) is 47.0 Å². The van der Waals surface area contributed by atoms with Gasteiger partial charge in [-0.25, -0.2) is 4.98 Å². The van der Waals surface area contributed by atoms with E-state index in [1.54, 1.807) is 13.1 Å². The van der Waals surface area contributed by atoms with Crippen LogP contribution in [0.1, 0.15) is 27.9 Å². The third-order valence-electron chi connectivity index (χ3n) is 5.64. The first-order chi connectivity index (χ1) is 15.0. The summed E-state index contributed by atoms with van der Waals surface area (Å²) >= 11 is 0. The van der Waals surface area contributed by atoms with Gasteiger partial charge < -0.3 is 20.9 Å². The molecule has 0 unspecified atom stereocenters. The van der Waals surface area contributed by atoms with Gasteiger partial charge in [0.2, 0.25) is 0 Å². The first-order valence-electron chi connectivity index (χ1n) is 10.3. The smallest absolute Gasteiger partial charge is 0.253 e. The number of anilines is 5. The Morgan fingerprint density at radius 1 is 1.06 bits per heavy atom. The fourth-order valence-corrected chi connectivity index (χ4v) is 3.75. The van der Waals surface area contributed by atoms with Gasteiger partial charge in [-0.05, 0) is 61.2 Å². The molecule has 1 amide bonds. The van der Waals surface area contributed by atoms with Crippen LogP contribution in [0.15, 0.2) is 67.0 Å². The van der Waals surface area contributed by atoms with Gasteiger partial charge in [-0.1, -0.05) is 18.7 Å². The Kier molecular flexibility index (Phi) is 5.62. The summed E-state index contributed by atoms with van der Waals surface area (Å²) in [6.07, 6.45) is 3.77. The first-order valence-corrected chi connectivity index (χ1v) is 10.3. The van der Waals surface area contributed by atoms with Crippen LogP contribution < -0.4 is 20.9 Å². The zero-order valence-electron chi connectivity index (χ0n) is 18.1. The Morgan fingerprint density at radius 2 is 1.87 bits per heavy atom. The zero-order chi connectivity index (χ0) is 22.0. The third-order valence-corrected chi connectivity index (χ3v) is 5.64. The van der Waals surface area contributed by atoms with Crippen LogP contribution in [0.25, 0.3) is 0 Å². The second kappa shape index (κ2) is 8.52. The molecule has 6 heteroatoms. The average Bonchev–Trinajstić information content (AvgIpc) is 2.78. The Morgan fingerprint density at radius 3 is 2.68 bits per heavy atom. The molecule has 3 aromatic rings. The summed E-state index contributed by atoms with van der Waals surface area (Å²) in [4.78, 5) is 18.9.